The zero-order valence-corrected chi connectivity index (χ0v) is 32.5. The zero-order valence-electron chi connectivity index (χ0n) is 31.6. The van der Waals surface area contributed by atoms with Crippen molar-refractivity contribution in [2.45, 2.75) is 66.2 Å². The van der Waals surface area contributed by atoms with Crippen LogP contribution in [0.3, 0.4) is 0 Å². The molecule has 3 aliphatic rings. The molecule has 0 saturated heterocycles. The molecule has 6 aromatic carbocycles. The first-order chi connectivity index (χ1) is 25.4. The summed E-state index contributed by atoms with van der Waals surface area (Å²) < 4.78 is 16.7. The molecule has 0 N–H and O–H groups in total. The van der Waals surface area contributed by atoms with Gasteiger partial charge in [-0.3, -0.25) is 0 Å². The van der Waals surface area contributed by atoms with Crippen LogP contribution in [-0.4, -0.2) is 6.71 Å². The van der Waals surface area contributed by atoms with Crippen LogP contribution in [0.4, 0.5) is 17.1 Å². The van der Waals surface area contributed by atoms with Gasteiger partial charge in [0.15, 0.2) is 0 Å². The minimum absolute atomic E-state index is 0.0235. The average molecular weight is 708 g/mol. The predicted molar refractivity (Wildman–Crippen MR) is 225 cm³/mol. The Morgan fingerprint density at radius 3 is 1.94 bits per heavy atom. The van der Waals surface area contributed by atoms with Gasteiger partial charge >= 0.3 is 0 Å². The largest absolute Gasteiger partial charge is 0.458 e. The van der Waals surface area contributed by atoms with E-state index in [1.807, 2.05) is 11.3 Å². The summed E-state index contributed by atoms with van der Waals surface area (Å²) in [7, 11) is 0. The standard InChI is InChI=1S/C48H42BNO2S/c1-27-13-18-31(19-14-27)50(32-20-15-28(2)16-21-32)37-26-36-45(41-33-11-9-10-12-35(33)48(7,8)42(37)41)52-39-24-29(3)23-38-43(39)49(36)46-44(51-38)34-25-30(47(4,5)6)17-22-40(34)53-46/h9-26H,1-8H3. The van der Waals surface area contributed by atoms with Gasteiger partial charge in [-0.2, -0.15) is 0 Å². The van der Waals surface area contributed by atoms with Gasteiger partial charge in [0.1, 0.15) is 23.0 Å². The molecule has 53 heavy (non-hydrogen) atoms. The molecule has 0 saturated carbocycles. The van der Waals surface area contributed by atoms with Gasteiger partial charge in [0.05, 0.1) is 5.69 Å². The van der Waals surface area contributed by atoms with E-state index in [9.17, 15) is 0 Å². The molecule has 0 unspecified atom stereocenters. The Balaban J connectivity index is 1.33. The highest BCUT2D eigenvalue weighted by Gasteiger charge is 2.48. The first-order valence-electron chi connectivity index (χ1n) is 18.7. The lowest BCUT2D eigenvalue weighted by atomic mass is 9.37. The van der Waals surface area contributed by atoms with E-state index in [0.717, 1.165) is 45.4 Å². The summed E-state index contributed by atoms with van der Waals surface area (Å²) in [6.07, 6.45) is 0. The van der Waals surface area contributed by atoms with Crippen LogP contribution in [0, 0.1) is 20.8 Å². The fourth-order valence-corrected chi connectivity index (χ4v) is 10.2. The van der Waals surface area contributed by atoms with E-state index in [0.29, 0.717) is 0 Å². The zero-order chi connectivity index (χ0) is 36.6. The molecule has 2 aliphatic heterocycles. The summed E-state index contributed by atoms with van der Waals surface area (Å²) >= 11 is 1.86. The van der Waals surface area contributed by atoms with E-state index in [-0.39, 0.29) is 17.5 Å². The molecule has 0 atom stereocenters. The molecular weight excluding hydrogens is 665 g/mol. The van der Waals surface area contributed by atoms with E-state index in [2.05, 4.69) is 169 Å². The van der Waals surface area contributed by atoms with Crippen molar-refractivity contribution in [3.8, 4) is 34.1 Å². The van der Waals surface area contributed by atoms with E-state index < -0.39 is 0 Å². The minimum Gasteiger partial charge on any atom is -0.458 e. The monoisotopic (exact) mass is 707 g/mol. The Bertz CT molecular complexity index is 2620. The van der Waals surface area contributed by atoms with E-state index in [1.165, 1.54) is 65.0 Å². The molecule has 1 aromatic heterocycles. The molecule has 1 aliphatic carbocycles. The van der Waals surface area contributed by atoms with Crippen molar-refractivity contribution in [1.29, 1.82) is 0 Å². The van der Waals surface area contributed by atoms with Crippen LogP contribution in [0.2, 0.25) is 0 Å². The van der Waals surface area contributed by atoms with Gasteiger partial charge in [0.25, 0.3) is 6.71 Å². The normalized spacial score (nSPS) is 14.5. The molecule has 3 heterocycles. The van der Waals surface area contributed by atoms with Crippen molar-refractivity contribution in [1.82, 2.24) is 0 Å². The highest BCUT2D eigenvalue weighted by molar-refractivity contribution is 7.33. The van der Waals surface area contributed by atoms with Crippen LogP contribution in [0.1, 0.15) is 68.0 Å². The molecule has 5 heteroatoms. The number of fused-ring (bicyclic) bond motifs is 10. The number of thiophene rings is 1. The maximum Gasteiger partial charge on any atom is 0.273 e. The highest BCUT2D eigenvalue weighted by atomic mass is 32.1. The lowest BCUT2D eigenvalue weighted by Gasteiger charge is -2.37. The summed E-state index contributed by atoms with van der Waals surface area (Å²) in [5.41, 5.74) is 15.4. The van der Waals surface area contributed by atoms with Crippen LogP contribution >= 0.6 is 11.3 Å². The van der Waals surface area contributed by atoms with Gasteiger partial charge in [0.2, 0.25) is 0 Å². The molecule has 0 radical (unpaired) electrons. The number of anilines is 3. The Morgan fingerprint density at radius 1 is 0.679 bits per heavy atom. The van der Waals surface area contributed by atoms with Crippen molar-refractivity contribution in [2.75, 3.05) is 4.90 Å². The van der Waals surface area contributed by atoms with Crippen molar-refractivity contribution >= 4 is 60.9 Å². The van der Waals surface area contributed by atoms with Gasteiger partial charge in [0, 0.05) is 42.7 Å². The summed E-state index contributed by atoms with van der Waals surface area (Å²) in [4.78, 5) is 2.47. The van der Waals surface area contributed by atoms with Crippen molar-refractivity contribution in [2.24, 2.45) is 0 Å². The van der Waals surface area contributed by atoms with E-state index >= 15 is 0 Å². The highest BCUT2D eigenvalue weighted by Crippen LogP contribution is 2.58. The van der Waals surface area contributed by atoms with Crippen LogP contribution in [-0.2, 0) is 10.8 Å². The Labute approximate surface area is 316 Å². The van der Waals surface area contributed by atoms with E-state index in [4.69, 9.17) is 9.47 Å². The van der Waals surface area contributed by atoms with Gasteiger partial charge in [-0.25, -0.2) is 0 Å². The maximum absolute atomic E-state index is 7.23. The molecule has 260 valence electrons. The Hall–Kier alpha value is -5.26. The molecule has 0 fully saturated rings. The third kappa shape index (κ3) is 4.72. The van der Waals surface area contributed by atoms with Crippen LogP contribution in [0.15, 0.2) is 109 Å². The summed E-state index contributed by atoms with van der Waals surface area (Å²) in [5, 5.41) is 1.19. The number of hydrogen-bond donors (Lipinski definition) is 0. The average Bonchev–Trinajstić information content (AvgIpc) is 3.61. The lowest BCUT2D eigenvalue weighted by Crippen LogP contribution is -2.56. The van der Waals surface area contributed by atoms with E-state index in [1.54, 1.807) is 0 Å². The van der Waals surface area contributed by atoms with Crippen LogP contribution in [0.5, 0.6) is 23.0 Å². The van der Waals surface area contributed by atoms with Gasteiger partial charge in [-0.1, -0.05) is 100 Å². The molecule has 10 rings (SSSR count). The SMILES string of the molecule is Cc1ccc(N(c2ccc(C)cc2)c2cc3c(c4c2C(C)(C)c2ccccc2-4)Oc2cc(C)cc4c2B3c2sc3ccc(C(C)(C)C)cc3c2O4)cc1. The maximum atomic E-state index is 7.23. The Kier molecular flexibility index (Phi) is 6.80. The van der Waals surface area contributed by atoms with Crippen molar-refractivity contribution < 1.29 is 9.47 Å². The summed E-state index contributed by atoms with van der Waals surface area (Å²) in [5.74, 6) is 3.72. The number of rotatable bonds is 3. The fourth-order valence-electron chi connectivity index (χ4n) is 8.95. The molecule has 3 nitrogen and oxygen atoms in total. The topological polar surface area (TPSA) is 21.7 Å². The van der Waals surface area contributed by atoms with Crippen molar-refractivity contribution in [3.63, 3.8) is 0 Å². The lowest BCUT2D eigenvalue weighted by molar-refractivity contribution is 0.467. The number of nitrogens with zero attached hydrogens (tertiary/aromatic N) is 1. The number of ether oxygens (including phenoxy) is 2. The fraction of sp³-hybridized carbons (Fsp3) is 0.208. The summed E-state index contributed by atoms with van der Waals surface area (Å²) in [6, 6.07) is 40.6. The second kappa shape index (κ2) is 11.1. The van der Waals surface area contributed by atoms with Crippen molar-refractivity contribution in [3.05, 3.63) is 143 Å². The van der Waals surface area contributed by atoms with Crippen LogP contribution < -0.4 is 30.1 Å². The second-order valence-electron chi connectivity index (χ2n) is 16.8. The molecule has 7 aromatic rings. The van der Waals surface area contributed by atoms with Crippen LogP contribution in [0.25, 0.3) is 21.2 Å². The number of hydrogen-bond acceptors (Lipinski definition) is 4. The van der Waals surface area contributed by atoms with Gasteiger partial charge < -0.3 is 14.4 Å². The summed E-state index contributed by atoms with van der Waals surface area (Å²) in [6.45, 7) is 18.0. The van der Waals surface area contributed by atoms with Gasteiger partial charge in [-0.15, -0.1) is 11.3 Å². The van der Waals surface area contributed by atoms with Gasteiger partial charge in [-0.05, 0) is 114 Å². The predicted octanol–water partition coefficient (Wildman–Crippen LogP) is 11.6. The number of benzene rings is 6. The smallest absolute Gasteiger partial charge is 0.273 e. The minimum atomic E-state index is -0.285. The third-order valence-electron chi connectivity index (χ3n) is 11.7. The molecule has 0 spiro atoms. The molecule has 0 bridgehead atoms. The first kappa shape index (κ1) is 32.4. The Morgan fingerprint density at radius 2 is 1.30 bits per heavy atom. The molecule has 0 amide bonds. The number of aryl methyl sites for hydroxylation is 3. The quantitative estimate of drug-likeness (QED) is 0.171. The second-order valence-corrected chi connectivity index (χ2v) is 17.9. The molecular formula is C48H42BNO2S. The first-order valence-corrected chi connectivity index (χ1v) is 19.5. The third-order valence-corrected chi connectivity index (χ3v) is 12.9.